The number of para-hydroxylation sites is 2. The Bertz CT molecular complexity index is 796. The minimum Gasteiger partial charge on any atom is -0.453 e. The number of fused-ring (bicyclic) bond motifs is 2. The zero-order chi connectivity index (χ0) is 14.2. The summed E-state index contributed by atoms with van der Waals surface area (Å²) in [6.45, 7) is 0. The van der Waals surface area contributed by atoms with E-state index in [4.69, 9.17) is 4.74 Å². The summed E-state index contributed by atoms with van der Waals surface area (Å²) in [5.41, 5.74) is 4.55. The van der Waals surface area contributed by atoms with Crippen molar-refractivity contribution in [2.45, 2.75) is 0 Å². The lowest BCUT2D eigenvalue weighted by Gasteiger charge is -2.29. The van der Waals surface area contributed by atoms with Crippen molar-refractivity contribution in [3.8, 4) is 22.6 Å². The maximum absolute atomic E-state index is 6.07. The lowest BCUT2D eigenvalue weighted by molar-refractivity contribution is 0.476. The minimum absolute atomic E-state index is 0.901. The van der Waals surface area contributed by atoms with Crippen LogP contribution in [0.2, 0.25) is 0 Å². The maximum atomic E-state index is 6.07. The summed E-state index contributed by atoms with van der Waals surface area (Å²) in [6, 6.07) is 24.8. The fourth-order valence-electron chi connectivity index (χ4n) is 2.75. The Morgan fingerprint density at radius 3 is 2.24 bits per heavy atom. The SMILES string of the molecule is CN1c2ccccc2Oc2cc(-c3ccccc3)ccc21. The van der Waals surface area contributed by atoms with Crippen molar-refractivity contribution >= 4 is 11.4 Å². The van der Waals surface area contributed by atoms with Gasteiger partial charge >= 0.3 is 0 Å². The van der Waals surface area contributed by atoms with E-state index in [0.717, 1.165) is 22.9 Å². The lowest BCUT2D eigenvalue weighted by Crippen LogP contribution is -2.15. The molecule has 4 rings (SSSR count). The van der Waals surface area contributed by atoms with E-state index < -0.39 is 0 Å². The van der Waals surface area contributed by atoms with Crippen LogP contribution in [-0.2, 0) is 0 Å². The highest BCUT2D eigenvalue weighted by Gasteiger charge is 2.21. The van der Waals surface area contributed by atoms with Crippen LogP contribution < -0.4 is 9.64 Å². The van der Waals surface area contributed by atoms with Crippen LogP contribution in [0.4, 0.5) is 11.4 Å². The topological polar surface area (TPSA) is 12.5 Å². The summed E-state index contributed by atoms with van der Waals surface area (Å²) in [7, 11) is 2.07. The van der Waals surface area contributed by atoms with Gasteiger partial charge in [-0.1, -0.05) is 48.5 Å². The first-order valence-corrected chi connectivity index (χ1v) is 7.03. The van der Waals surface area contributed by atoms with Gasteiger partial charge in [-0.25, -0.2) is 0 Å². The molecule has 1 aliphatic heterocycles. The summed E-state index contributed by atoms with van der Waals surface area (Å²) >= 11 is 0. The molecular formula is C19H15NO. The second-order valence-corrected chi connectivity index (χ2v) is 5.18. The molecule has 0 spiro atoms. The molecule has 3 aromatic carbocycles. The van der Waals surface area contributed by atoms with Gasteiger partial charge in [-0.3, -0.25) is 0 Å². The van der Waals surface area contributed by atoms with Crippen molar-refractivity contribution in [2.24, 2.45) is 0 Å². The summed E-state index contributed by atoms with van der Waals surface area (Å²) in [5.74, 6) is 1.80. The second kappa shape index (κ2) is 4.67. The van der Waals surface area contributed by atoms with Crippen molar-refractivity contribution in [3.05, 3.63) is 72.8 Å². The molecule has 0 aromatic heterocycles. The predicted molar refractivity (Wildman–Crippen MR) is 86.5 cm³/mol. The van der Waals surface area contributed by atoms with Crippen LogP contribution >= 0.6 is 0 Å². The zero-order valence-corrected chi connectivity index (χ0v) is 11.8. The number of nitrogens with zero attached hydrogens (tertiary/aromatic N) is 1. The molecular weight excluding hydrogens is 258 g/mol. The van der Waals surface area contributed by atoms with Gasteiger partial charge in [0.2, 0.25) is 0 Å². The highest BCUT2D eigenvalue weighted by Crippen LogP contribution is 2.46. The number of rotatable bonds is 1. The van der Waals surface area contributed by atoms with Gasteiger partial charge in [-0.05, 0) is 35.4 Å². The summed E-state index contributed by atoms with van der Waals surface area (Å²) in [5, 5.41) is 0. The fourth-order valence-corrected chi connectivity index (χ4v) is 2.75. The predicted octanol–water partition coefficient (Wildman–Crippen LogP) is 5.23. The Morgan fingerprint density at radius 2 is 1.38 bits per heavy atom. The number of hydrogen-bond donors (Lipinski definition) is 0. The largest absolute Gasteiger partial charge is 0.453 e. The van der Waals surface area contributed by atoms with Gasteiger partial charge in [0, 0.05) is 7.05 Å². The van der Waals surface area contributed by atoms with E-state index in [-0.39, 0.29) is 0 Å². The Morgan fingerprint density at radius 1 is 0.667 bits per heavy atom. The van der Waals surface area contributed by atoms with Gasteiger partial charge in [-0.2, -0.15) is 0 Å². The third-order valence-electron chi connectivity index (χ3n) is 3.87. The molecule has 0 saturated heterocycles. The minimum atomic E-state index is 0.901. The van der Waals surface area contributed by atoms with E-state index in [9.17, 15) is 0 Å². The van der Waals surface area contributed by atoms with Crippen LogP contribution in [0.5, 0.6) is 11.5 Å². The fraction of sp³-hybridized carbons (Fsp3) is 0.0526. The normalized spacial score (nSPS) is 12.3. The molecule has 1 aliphatic rings. The summed E-state index contributed by atoms with van der Waals surface area (Å²) < 4.78 is 6.07. The molecule has 0 N–H and O–H groups in total. The molecule has 2 heteroatoms. The monoisotopic (exact) mass is 273 g/mol. The third kappa shape index (κ3) is 1.96. The van der Waals surface area contributed by atoms with Crippen LogP contribution in [0.3, 0.4) is 0 Å². The molecule has 0 aliphatic carbocycles. The average molecular weight is 273 g/mol. The van der Waals surface area contributed by atoms with Crippen LogP contribution in [0.25, 0.3) is 11.1 Å². The van der Waals surface area contributed by atoms with Crippen molar-refractivity contribution in [2.75, 3.05) is 11.9 Å². The van der Waals surface area contributed by atoms with E-state index in [1.54, 1.807) is 0 Å². The number of ether oxygens (including phenoxy) is 1. The first-order valence-electron chi connectivity index (χ1n) is 7.03. The first kappa shape index (κ1) is 12.0. The third-order valence-corrected chi connectivity index (χ3v) is 3.87. The number of benzene rings is 3. The van der Waals surface area contributed by atoms with Crippen molar-refractivity contribution in [1.82, 2.24) is 0 Å². The zero-order valence-electron chi connectivity index (χ0n) is 11.8. The summed E-state index contributed by atoms with van der Waals surface area (Å²) in [6.07, 6.45) is 0. The molecule has 0 amide bonds. The highest BCUT2D eigenvalue weighted by atomic mass is 16.5. The Balaban J connectivity index is 1.81. The van der Waals surface area contributed by atoms with Gasteiger partial charge < -0.3 is 9.64 Å². The molecule has 1 heterocycles. The molecule has 0 radical (unpaired) electrons. The Kier molecular flexibility index (Phi) is 2.68. The molecule has 2 nitrogen and oxygen atoms in total. The molecule has 0 unspecified atom stereocenters. The lowest BCUT2D eigenvalue weighted by atomic mass is 10.0. The molecule has 0 saturated carbocycles. The van der Waals surface area contributed by atoms with E-state index in [1.807, 2.05) is 24.3 Å². The molecule has 0 atom stereocenters. The average Bonchev–Trinajstić information content (AvgIpc) is 2.55. The maximum Gasteiger partial charge on any atom is 0.151 e. The first-order chi connectivity index (χ1) is 10.3. The van der Waals surface area contributed by atoms with Crippen molar-refractivity contribution in [3.63, 3.8) is 0 Å². The van der Waals surface area contributed by atoms with Gasteiger partial charge in [0.25, 0.3) is 0 Å². The van der Waals surface area contributed by atoms with E-state index >= 15 is 0 Å². The molecule has 21 heavy (non-hydrogen) atoms. The van der Waals surface area contributed by atoms with Crippen LogP contribution in [0, 0.1) is 0 Å². The molecule has 0 bridgehead atoms. The number of anilines is 2. The highest BCUT2D eigenvalue weighted by molar-refractivity contribution is 5.80. The van der Waals surface area contributed by atoms with E-state index in [2.05, 4.69) is 60.5 Å². The smallest absolute Gasteiger partial charge is 0.151 e. The Labute approximate surface area is 124 Å². The molecule has 3 aromatic rings. The number of hydrogen-bond acceptors (Lipinski definition) is 2. The van der Waals surface area contributed by atoms with Gasteiger partial charge in [-0.15, -0.1) is 0 Å². The standard InChI is InChI=1S/C19H15NO/c1-20-16-9-5-6-10-18(16)21-19-13-15(11-12-17(19)20)14-7-3-2-4-8-14/h2-13H,1H3. The van der Waals surface area contributed by atoms with Crippen LogP contribution in [0.15, 0.2) is 72.8 Å². The van der Waals surface area contributed by atoms with Gasteiger partial charge in [0.15, 0.2) is 11.5 Å². The quantitative estimate of drug-likeness (QED) is 0.602. The van der Waals surface area contributed by atoms with Gasteiger partial charge in [0.1, 0.15) is 0 Å². The Hall–Kier alpha value is -2.74. The van der Waals surface area contributed by atoms with Crippen LogP contribution in [0.1, 0.15) is 0 Å². The van der Waals surface area contributed by atoms with E-state index in [0.29, 0.717) is 0 Å². The van der Waals surface area contributed by atoms with Crippen molar-refractivity contribution in [1.29, 1.82) is 0 Å². The van der Waals surface area contributed by atoms with Crippen LogP contribution in [-0.4, -0.2) is 7.05 Å². The van der Waals surface area contributed by atoms with E-state index in [1.165, 1.54) is 11.1 Å². The summed E-state index contributed by atoms with van der Waals surface area (Å²) in [4.78, 5) is 2.17. The van der Waals surface area contributed by atoms with Crippen molar-refractivity contribution < 1.29 is 4.74 Å². The molecule has 102 valence electrons. The second-order valence-electron chi connectivity index (χ2n) is 5.18. The molecule has 0 fully saturated rings. The van der Waals surface area contributed by atoms with Gasteiger partial charge in [0.05, 0.1) is 11.4 Å².